The number of ether oxygens (including phenoxy) is 2. The van der Waals surface area contributed by atoms with Crippen molar-refractivity contribution in [3.63, 3.8) is 0 Å². The number of nitrogens with one attached hydrogen (secondary N) is 1. The van der Waals surface area contributed by atoms with Gasteiger partial charge < -0.3 is 14.4 Å². The van der Waals surface area contributed by atoms with Crippen LogP contribution in [0.1, 0.15) is 87.7 Å². The molecule has 11 heteroatoms. The molecule has 0 aromatic heterocycles. The van der Waals surface area contributed by atoms with Crippen molar-refractivity contribution in [1.82, 2.24) is 14.5 Å². The lowest BCUT2D eigenvalue weighted by Gasteiger charge is -2.51. The number of sulfonamides is 1. The number of methoxy groups -OCH3 is 1. The first kappa shape index (κ1) is 38.6. The van der Waals surface area contributed by atoms with Crippen molar-refractivity contribution < 1.29 is 22.7 Å². The smallest absolute Gasteiger partial charge is 0.264 e. The van der Waals surface area contributed by atoms with Gasteiger partial charge in [-0.25, -0.2) is 13.1 Å². The minimum Gasteiger partial charge on any atom is -0.490 e. The Hall–Kier alpha value is -2.63. The summed E-state index contributed by atoms with van der Waals surface area (Å²) in [5.41, 5.74) is 2.93. The molecule has 1 saturated carbocycles. The fraction of sp³-hybridized carbons (Fsp3) is 0.643. The highest BCUT2D eigenvalue weighted by molar-refractivity contribution is 7.90. The summed E-state index contributed by atoms with van der Waals surface area (Å²) in [7, 11) is -2.09. The average Bonchev–Trinajstić information content (AvgIpc) is 3.44. The van der Waals surface area contributed by atoms with Crippen LogP contribution in [0.2, 0.25) is 5.02 Å². The van der Waals surface area contributed by atoms with E-state index in [9.17, 15) is 13.2 Å². The topological polar surface area (TPSA) is 91.4 Å². The van der Waals surface area contributed by atoms with Crippen molar-refractivity contribution in [2.75, 3.05) is 64.4 Å². The maximum Gasteiger partial charge on any atom is 0.264 e. The monoisotopic (exact) mass is 766 g/mol. The molecule has 5 aliphatic rings. The molecular weight excluding hydrogens is 708 g/mol. The quantitative estimate of drug-likeness (QED) is 0.345. The number of amides is 1. The van der Waals surface area contributed by atoms with E-state index in [1.807, 2.05) is 32.2 Å². The Morgan fingerprint density at radius 3 is 2.64 bits per heavy atom. The molecule has 2 bridgehead atoms. The van der Waals surface area contributed by atoms with Crippen LogP contribution in [0.15, 0.2) is 48.6 Å². The van der Waals surface area contributed by atoms with Crippen molar-refractivity contribution in [3.05, 3.63) is 70.3 Å². The number of carbonyl (C=O) groups excluding carboxylic acids is 1. The van der Waals surface area contributed by atoms with Gasteiger partial charge in [-0.05, 0) is 138 Å². The summed E-state index contributed by atoms with van der Waals surface area (Å²) in [6, 6.07) is 12.2. The number of aryl methyl sites for hydroxylation is 1. The zero-order valence-corrected chi connectivity index (χ0v) is 33.9. The minimum atomic E-state index is -3.95. The van der Waals surface area contributed by atoms with Crippen LogP contribution in [0.25, 0.3) is 0 Å². The van der Waals surface area contributed by atoms with E-state index >= 15 is 0 Å². The molecule has 53 heavy (non-hydrogen) atoms. The molecule has 3 heterocycles. The highest BCUT2D eigenvalue weighted by Crippen LogP contribution is 2.49. The molecule has 3 aliphatic heterocycles. The standard InChI is InChI=1S/C42H59ClN4O5S/c1-29(2)46-20-8-19-45(21-22-46)27-42(51-5)18-6-9-30(3)31(4)53(49,50)44-40(48)33-12-16-39-38(24-33)47(25-34-11-14-37(34)42)26-41(28-52-39)17-7-10-32-23-35(43)13-15-36(32)41/h6,12-13,15-16,18,23-24,29-31,34,37H,7-11,14,17,19-22,25-28H2,1-5H3,(H,44,48)/b18-6-/t30-,31+,34-,37+,41-,42-/m0/s1. The molecule has 290 valence electrons. The fourth-order valence-electron chi connectivity index (χ4n) is 9.82. The largest absolute Gasteiger partial charge is 0.490 e. The Labute approximate surface area is 322 Å². The highest BCUT2D eigenvalue weighted by Gasteiger charge is 2.50. The number of carbonyl (C=O) groups is 1. The number of hydrogen-bond donors (Lipinski definition) is 1. The second-order valence-electron chi connectivity index (χ2n) is 16.9. The van der Waals surface area contributed by atoms with E-state index in [0.717, 1.165) is 101 Å². The molecule has 6 atom stereocenters. The van der Waals surface area contributed by atoms with Gasteiger partial charge in [-0.3, -0.25) is 14.6 Å². The molecule has 1 N–H and O–H groups in total. The summed E-state index contributed by atoms with van der Waals surface area (Å²) < 4.78 is 43.1. The number of nitrogens with zero attached hydrogens (tertiary/aromatic N) is 3. The molecular formula is C42H59ClN4O5S. The Bertz CT molecular complexity index is 1800. The number of anilines is 1. The van der Waals surface area contributed by atoms with Crippen LogP contribution in [0.5, 0.6) is 5.75 Å². The van der Waals surface area contributed by atoms with Gasteiger partial charge in [-0.2, -0.15) is 0 Å². The number of fused-ring (bicyclic) bond motifs is 4. The Morgan fingerprint density at radius 2 is 1.89 bits per heavy atom. The first-order chi connectivity index (χ1) is 25.3. The molecule has 2 aromatic rings. The summed E-state index contributed by atoms with van der Waals surface area (Å²) in [4.78, 5) is 21.3. The number of rotatable bonds is 4. The maximum absolute atomic E-state index is 13.7. The Balaban J connectivity index is 1.29. The molecule has 2 aromatic carbocycles. The lowest BCUT2D eigenvalue weighted by atomic mass is 9.63. The summed E-state index contributed by atoms with van der Waals surface area (Å²) in [6.07, 6.45) is 11.3. The molecule has 0 radical (unpaired) electrons. The molecule has 2 fully saturated rings. The second kappa shape index (κ2) is 15.5. The minimum absolute atomic E-state index is 0.214. The zero-order chi connectivity index (χ0) is 37.5. The van der Waals surface area contributed by atoms with Crippen LogP contribution in [0, 0.1) is 17.8 Å². The van der Waals surface area contributed by atoms with Gasteiger partial charge in [-0.15, -0.1) is 0 Å². The average molecular weight is 767 g/mol. The molecule has 1 amide bonds. The van der Waals surface area contributed by atoms with E-state index in [-0.39, 0.29) is 17.3 Å². The van der Waals surface area contributed by atoms with Crippen molar-refractivity contribution >= 4 is 33.2 Å². The Kier molecular flexibility index (Phi) is 11.3. The number of hydrogen-bond acceptors (Lipinski definition) is 8. The van der Waals surface area contributed by atoms with Crippen LogP contribution in [0.3, 0.4) is 0 Å². The summed E-state index contributed by atoms with van der Waals surface area (Å²) in [5, 5.41) is -0.0223. The van der Waals surface area contributed by atoms with E-state index in [1.165, 1.54) is 11.1 Å². The molecule has 9 nitrogen and oxygen atoms in total. The first-order valence-corrected chi connectivity index (χ1v) is 21.8. The predicted molar refractivity (Wildman–Crippen MR) is 213 cm³/mol. The number of allylic oxidation sites excluding steroid dienone is 1. The van der Waals surface area contributed by atoms with Crippen LogP contribution >= 0.6 is 11.6 Å². The van der Waals surface area contributed by atoms with E-state index in [1.54, 1.807) is 13.0 Å². The van der Waals surface area contributed by atoms with Crippen LogP contribution in [0.4, 0.5) is 5.69 Å². The first-order valence-electron chi connectivity index (χ1n) is 19.9. The summed E-state index contributed by atoms with van der Waals surface area (Å²) in [6.45, 7) is 15.2. The van der Waals surface area contributed by atoms with Gasteiger partial charge in [0.2, 0.25) is 10.0 Å². The van der Waals surface area contributed by atoms with Crippen LogP contribution in [-0.4, -0.2) is 101 Å². The van der Waals surface area contributed by atoms with Crippen molar-refractivity contribution in [2.45, 2.75) is 94.9 Å². The van der Waals surface area contributed by atoms with E-state index in [0.29, 0.717) is 30.6 Å². The van der Waals surface area contributed by atoms with E-state index in [4.69, 9.17) is 21.1 Å². The lowest BCUT2D eigenvalue weighted by molar-refractivity contribution is -0.0911. The van der Waals surface area contributed by atoms with Gasteiger partial charge in [-0.1, -0.05) is 36.7 Å². The van der Waals surface area contributed by atoms with Gasteiger partial charge in [0.25, 0.3) is 5.91 Å². The molecule has 0 unspecified atom stereocenters. The van der Waals surface area contributed by atoms with Gasteiger partial charge in [0, 0.05) is 61.9 Å². The Morgan fingerprint density at radius 1 is 1.06 bits per heavy atom. The van der Waals surface area contributed by atoms with Crippen molar-refractivity contribution in [2.24, 2.45) is 17.8 Å². The maximum atomic E-state index is 13.7. The van der Waals surface area contributed by atoms with Gasteiger partial charge in [0.15, 0.2) is 0 Å². The SMILES string of the molecule is CO[C@]1(CN2CCCN(C(C)C)CC2)/C=C\C[C@H](C)[C@@H](C)S(=O)(=O)NC(=O)c2ccc3c(c2)N(C[C@@H]2CC[C@H]21)C[C@@]1(CCCc2cc(Cl)ccc21)CO3. The summed E-state index contributed by atoms with van der Waals surface area (Å²) >= 11 is 6.51. The lowest BCUT2D eigenvalue weighted by Crippen LogP contribution is -2.57. The third kappa shape index (κ3) is 7.77. The third-order valence-electron chi connectivity index (χ3n) is 13.4. The normalized spacial score (nSPS) is 33.1. The van der Waals surface area contributed by atoms with Crippen LogP contribution < -0.4 is 14.4 Å². The molecule has 1 saturated heterocycles. The predicted octanol–water partition coefficient (Wildman–Crippen LogP) is 6.68. The van der Waals surface area contributed by atoms with Crippen molar-refractivity contribution in [1.29, 1.82) is 0 Å². The third-order valence-corrected chi connectivity index (χ3v) is 15.6. The van der Waals surface area contributed by atoms with E-state index < -0.39 is 26.8 Å². The van der Waals surface area contributed by atoms with Gasteiger partial charge in [0.05, 0.1) is 17.5 Å². The number of halogens is 1. The fourth-order valence-corrected chi connectivity index (χ4v) is 11.3. The number of benzene rings is 2. The molecule has 1 spiro atoms. The second-order valence-corrected chi connectivity index (χ2v) is 19.4. The summed E-state index contributed by atoms with van der Waals surface area (Å²) in [5.74, 6) is 0.509. The zero-order valence-electron chi connectivity index (χ0n) is 32.3. The molecule has 7 rings (SSSR count). The van der Waals surface area contributed by atoms with Crippen LogP contribution in [-0.2, 0) is 26.6 Å². The highest BCUT2D eigenvalue weighted by atomic mass is 35.5. The van der Waals surface area contributed by atoms with E-state index in [2.05, 4.69) is 57.6 Å². The molecule has 2 aliphatic carbocycles. The van der Waals surface area contributed by atoms with Gasteiger partial charge in [0.1, 0.15) is 11.4 Å². The van der Waals surface area contributed by atoms with Gasteiger partial charge >= 0.3 is 0 Å². The van der Waals surface area contributed by atoms with Crippen molar-refractivity contribution in [3.8, 4) is 5.75 Å².